The van der Waals surface area contributed by atoms with Gasteiger partial charge in [-0.25, -0.2) is 0 Å². The molecular formula is C28H30ClN3O3S. The number of carbonyl (C=O) groups is 2. The monoisotopic (exact) mass is 523 g/mol. The molecule has 3 fully saturated rings. The van der Waals surface area contributed by atoms with Crippen molar-refractivity contribution in [3.05, 3.63) is 45.9 Å². The molecule has 2 aliphatic heterocycles. The summed E-state index contributed by atoms with van der Waals surface area (Å²) in [5, 5.41) is 0.665. The number of pyridine rings is 1. The number of imide groups is 1. The van der Waals surface area contributed by atoms with Crippen molar-refractivity contribution in [2.75, 3.05) is 19.6 Å². The largest absolute Gasteiger partial charge is 0.489 e. The molecule has 0 N–H and O–H groups in total. The van der Waals surface area contributed by atoms with Gasteiger partial charge in [0.1, 0.15) is 11.9 Å². The molecule has 2 amide bonds. The minimum Gasteiger partial charge on any atom is -0.489 e. The van der Waals surface area contributed by atoms with Crippen molar-refractivity contribution in [2.24, 2.45) is 17.8 Å². The number of aryl methyl sites for hydroxylation is 1. The van der Waals surface area contributed by atoms with Crippen molar-refractivity contribution in [3.63, 3.8) is 0 Å². The molecule has 2 saturated heterocycles. The fourth-order valence-corrected chi connectivity index (χ4v) is 7.15. The standard InChI is InChI=1S/C28H30ClN3O3S/c1-4-31-8-6-24(16(3)13-31)35-25-15(2)9-17(29)10-20(25)19-5-7-30-23-11-18(36-26(19)23)14-32-27(33)21-12-22(21)28(32)34/h5,7,9-11,16,21-22,24H,4,6,8,12-14H2,1-3H3/t16-,21?,22?,24+/m0/s1. The van der Waals surface area contributed by atoms with E-state index in [0.717, 1.165) is 70.0 Å². The molecule has 0 bridgehead atoms. The van der Waals surface area contributed by atoms with Crippen LogP contribution in [0.3, 0.4) is 0 Å². The van der Waals surface area contributed by atoms with E-state index in [1.165, 1.54) is 4.90 Å². The Kier molecular flexibility index (Phi) is 6.05. The fraction of sp³-hybridized carbons (Fsp3) is 0.464. The Hall–Kier alpha value is -2.48. The molecule has 4 heterocycles. The Labute approximate surface area is 220 Å². The highest BCUT2D eigenvalue weighted by atomic mass is 35.5. The van der Waals surface area contributed by atoms with Crippen LogP contribution in [0.5, 0.6) is 5.75 Å². The van der Waals surface area contributed by atoms with Crippen LogP contribution in [0.1, 0.15) is 37.1 Å². The topological polar surface area (TPSA) is 62.7 Å². The number of hydrogen-bond donors (Lipinski definition) is 0. The summed E-state index contributed by atoms with van der Waals surface area (Å²) in [6, 6.07) is 7.94. The second-order valence-electron chi connectivity index (χ2n) is 10.4. The van der Waals surface area contributed by atoms with E-state index >= 15 is 0 Å². The first-order chi connectivity index (χ1) is 17.3. The van der Waals surface area contributed by atoms with Gasteiger partial charge in [-0.15, -0.1) is 11.3 Å². The molecule has 8 heteroatoms. The third-order valence-corrected chi connectivity index (χ3v) is 9.25. The number of piperidine rings is 2. The van der Waals surface area contributed by atoms with Crippen molar-refractivity contribution in [3.8, 4) is 16.9 Å². The van der Waals surface area contributed by atoms with Gasteiger partial charge >= 0.3 is 0 Å². The maximum atomic E-state index is 12.5. The molecule has 36 heavy (non-hydrogen) atoms. The lowest BCUT2D eigenvalue weighted by atomic mass is 9.95. The van der Waals surface area contributed by atoms with Crippen LogP contribution < -0.4 is 4.74 Å². The number of ether oxygens (including phenoxy) is 1. The first kappa shape index (κ1) is 23.9. The second-order valence-corrected chi connectivity index (χ2v) is 12.0. The number of hydrogen-bond acceptors (Lipinski definition) is 6. The molecule has 3 aliphatic rings. The molecule has 2 unspecified atom stereocenters. The van der Waals surface area contributed by atoms with Gasteiger partial charge in [-0.1, -0.05) is 25.4 Å². The Morgan fingerprint density at radius 1 is 1.17 bits per heavy atom. The summed E-state index contributed by atoms with van der Waals surface area (Å²) in [5.41, 5.74) is 3.83. The van der Waals surface area contributed by atoms with Gasteiger partial charge in [0.2, 0.25) is 11.8 Å². The minimum absolute atomic E-state index is 0.0277. The van der Waals surface area contributed by atoms with Crippen LogP contribution in [-0.4, -0.2) is 52.3 Å². The maximum absolute atomic E-state index is 12.5. The highest BCUT2D eigenvalue weighted by molar-refractivity contribution is 7.19. The van der Waals surface area contributed by atoms with Crippen molar-refractivity contribution in [1.29, 1.82) is 0 Å². The number of benzene rings is 1. The van der Waals surface area contributed by atoms with Crippen LogP contribution >= 0.6 is 22.9 Å². The first-order valence-electron chi connectivity index (χ1n) is 12.8. The summed E-state index contributed by atoms with van der Waals surface area (Å²) < 4.78 is 7.75. The number of thiophene rings is 1. The average Bonchev–Trinajstić information content (AvgIpc) is 3.49. The van der Waals surface area contributed by atoms with Crippen LogP contribution in [0.4, 0.5) is 0 Å². The Morgan fingerprint density at radius 3 is 2.67 bits per heavy atom. The molecule has 6 rings (SSSR count). The number of fused-ring (bicyclic) bond motifs is 2. The number of carbonyl (C=O) groups excluding carboxylic acids is 2. The number of likely N-dealkylation sites (tertiary alicyclic amines) is 2. The molecule has 4 atom stereocenters. The van der Waals surface area contributed by atoms with Crippen molar-refractivity contribution in [1.82, 2.24) is 14.8 Å². The molecule has 1 aromatic carbocycles. The Morgan fingerprint density at radius 2 is 1.94 bits per heavy atom. The van der Waals surface area contributed by atoms with Crippen molar-refractivity contribution < 1.29 is 14.3 Å². The molecule has 188 valence electrons. The lowest BCUT2D eigenvalue weighted by Gasteiger charge is -2.37. The number of aromatic nitrogens is 1. The number of rotatable bonds is 6. The van der Waals surface area contributed by atoms with Gasteiger partial charge in [-0.2, -0.15) is 0 Å². The van der Waals surface area contributed by atoms with E-state index in [1.54, 1.807) is 17.5 Å². The summed E-state index contributed by atoms with van der Waals surface area (Å²) >= 11 is 8.13. The van der Waals surface area contributed by atoms with Crippen LogP contribution in [0, 0.1) is 24.7 Å². The molecule has 1 saturated carbocycles. The predicted octanol–water partition coefficient (Wildman–Crippen LogP) is 5.54. The zero-order chi connectivity index (χ0) is 25.1. The van der Waals surface area contributed by atoms with Crippen LogP contribution in [0.15, 0.2) is 30.5 Å². The van der Waals surface area contributed by atoms with Gasteiger partial charge in [0.05, 0.1) is 28.6 Å². The van der Waals surface area contributed by atoms with Gasteiger partial charge in [-0.3, -0.25) is 19.5 Å². The highest BCUT2D eigenvalue weighted by Crippen LogP contribution is 2.48. The third kappa shape index (κ3) is 4.11. The van der Waals surface area contributed by atoms with Gasteiger partial charge in [0, 0.05) is 46.2 Å². The lowest BCUT2D eigenvalue weighted by Crippen LogP contribution is -2.44. The first-order valence-corrected chi connectivity index (χ1v) is 14.0. The van der Waals surface area contributed by atoms with Crippen molar-refractivity contribution in [2.45, 2.75) is 46.3 Å². The zero-order valence-corrected chi connectivity index (χ0v) is 22.4. The summed E-state index contributed by atoms with van der Waals surface area (Å²) in [4.78, 5) is 34.4. The van der Waals surface area contributed by atoms with Gasteiger partial charge in [0.25, 0.3) is 0 Å². The molecule has 6 nitrogen and oxygen atoms in total. The summed E-state index contributed by atoms with van der Waals surface area (Å²) in [5.74, 6) is 1.07. The smallest absolute Gasteiger partial charge is 0.233 e. The third-order valence-electron chi connectivity index (χ3n) is 7.89. The molecular weight excluding hydrogens is 494 g/mol. The summed E-state index contributed by atoms with van der Waals surface area (Å²) in [6.07, 6.45) is 3.66. The summed E-state index contributed by atoms with van der Waals surface area (Å²) in [7, 11) is 0. The SMILES string of the molecule is CCN1CC[C@@H](Oc2c(C)cc(Cl)cc2-c2ccnc3cc(CN4C(=O)C5CC5C4=O)sc23)[C@@H](C)C1. The van der Waals surface area contributed by atoms with Crippen LogP contribution in [-0.2, 0) is 16.1 Å². The fourth-order valence-electron chi connectivity index (χ4n) is 5.75. The van der Waals surface area contributed by atoms with E-state index in [0.29, 0.717) is 17.5 Å². The number of nitrogens with zero attached hydrogens (tertiary/aromatic N) is 3. The second kappa shape index (κ2) is 9.12. The lowest BCUT2D eigenvalue weighted by molar-refractivity contribution is -0.141. The number of halogens is 1. The van der Waals surface area contributed by atoms with E-state index in [1.807, 2.05) is 31.2 Å². The molecule has 0 radical (unpaired) electrons. The Bertz CT molecular complexity index is 1350. The molecule has 0 spiro atoms. The predicted molar refractivity (Wildman–Crippen MR) is 142 cm³/mol. The summed E-state index contributed by atoms with van der Waals surface area (Å²) in [6.45, 7) is 9.97. The Balaban J connectivity index is 1.35. The van der Waals surface area contributed by atoms with E-state index < -0.39 is 0 Å². The van der Waals surface area contributed by atoms with Crippen LogP contribution in [0.25, 0.3) is 21.3 Å². The minimum atomic E-state index is -0.0821. The normalized spacial score (nSPS) is 26.1. The van der Waals surface area contributed by atoms with E-state index in [9.17, 15) is 9.59 Å². The van der Waals surface area contributed by atoms with E-state index in [4.69, 9.17) is 16.3 Å². The van der Waals surface area contributed by atoms with Gasteiger partial charge in [0.15, 0.2) is 0 Å². The van der Waals surface area contributed by atoms with Crippen LogP contribution in [0.2, 0.25) is 5.02 Å². The number of amides is 2. The molecule has 2 aromatic heterocycles. The average molecular weight is 524 g/mol. The highest BCUT2D eigenvalue weighted by Gasteiger charge is 2.58. The van der Waals surface area contributed by atoms with Gasteiger partial charge in [-0.05, 0) is 56.1 Å². The van der Waals surface area contributed by atoms with Crippen molar-refractivity contribution >= 4 is 45.0 Å². The maximum Gasteiger partial charge on any atom is 0.233 e. The molecule has 1 aliphatic carbocycles. The quantitative estimate of drug-likeness (QED) is 0.397. The van der Waals surface area contributed by atoms with Gasteiger partial charge < -0.3 is 9.64 Å². The zero-order valence-electron chi connectivity index (χ0n) is 20.8. The van der Waals surface area contributed by atoms with E-state index in [2.05, 4.69) is 23.7 Å². The van der Waals surface area contributed by atoms with E-state index in [-0.39, 0.29) is 29.8 Å². The molecule has 3 aromatic rings.